The summed E-state index contributed by atoms with van der Waals surface area (Å²) in [7, 11) is 2.03. The number of nitrogens with zero attached hydrogens (tertiary/aromatic N) is 4. The zero-order chi connectivity index (χ0) is 20.9. The molecule has 3 aromatic rings. The van der Waals surface area contributed by atoms with Gasteiger partial charge in [-0.25, -0.2) is 0 Å². The Kier molecular flexibility index (Phi) is 6.53. The highest BCUT2D eigenvalue weighted by molar-refractivity contribution is 7.99. The molecule has 1 saturated heterocycles. The standard InChI is InChI=1S/C24H28N4OS/c1-3-30-24-26-25-23(27(24)2)21-10-7-15-28(17-21)22(29)16-18-11-13-20(14-12-18)19-8-5-4-6-9-19/h4-6,8-9,11-14,21H,3,7,10,15-17H2,1-2H3. The summed E-state index contributed by atoms with van der Waals surface area (Å²) in [6.07, 6.45) is 2.50. The van der Waals surface area contributed by atoms with Crippen LogP contribution >= 0.6 is 11.8 Å². The van der Waals surface area contributed by atoms with Crippen LogP contribution in [0, 0.1) is 0 Å². The van der Waals surface area contributed by atoms with Crippen LogP contribution in [-0.4, -0.2) is 44.4 Å². The first-order chi connectivity index (χ1) is 14.7. The predicted octanol–water partition coefficient (Wildman–Crippen LogP) is 4.54. The number of likely N-dealkylation sites (tertiary alicyclic amines) is 1. The molecule has 0 spiro atoms. The number of hydrogen-bond acceptors (Lipinski definition) is 4. The fraction of sp³-hybridized carbons (Fsp3) is 0.375. The third-order valence-electron chi connectivity index (χ3n) is 5.70. The fourth-order valence-corrected chi connectivity index (χ4v) is 4.73. The minimum atomic E-state index is 0.192. The topological polar surface area (TPSA) is 51.0 Å². The van der Waals surface area contributed by atoms with Gasteiger partial charge in [0.1, 0.15) is 5.82 Å². The maximum atomic E-state index is 13.0. The Morgan fingerprint density at radius 1 is 1.07 bits per heavy atom. The van der Waals surface area contributed by atoms with Crippen molar-refractivity contribution in [3.05, 3.63) is 66.0 Å². The average molecular weight is 421 g/mol. The lowest BCUT2D eigenvalue weighted by Gasteiger charge is -2.32. The van der Waals surface area contributed by atoms with E-state index in [4.69, 9.17) is 0 Å². The van der Waals surface area contributed by atoms with Gasteiger partial charge >= 0.3 is 0 Å². The molecule has 6 heteroatoms. The second-order valence-electron chi connectivity index (χ2n) is 7.75. The molecular weight excluding hydrogens is 392 g/mol. The van der Waals surface area contributed by atoms with Crippen molar-refractivity contribution < 1.29 is 4.79 Å². The molecule has 1 fully saturated rings. The van der Waals surface area contributed by atoms with Crippen molar-refractivity contribution >= 4 is 17.7 Å². The summed E-state index contributed by atoms with van der Waals surface area (Å²) in [5.74, 6) is 2.42. The first-order valence-electron chi connectivity index (χ1n) is 10.6. The number of amides is 1. The third kappa shape index (κ3) is 4.59. The van der Waals surface area contributed by atoms with E-state index in [2.05, 4.69) is 58.1 Å². The zero-order valence-electron chi connectivity index (χ0n) is 17.6. The normalized spacial score (nSPS) is 16.6. The summed E-state index contributed by atoms with van der Waals surface area (Å²) in [5.41, 5.74) is 3.42. The first kappa shape index (κ1) is 20.7. The van der Waals surface area contributed by atoms with Gasteiger partial charge in [-0.2, -0.15) is 0 Å². The lowest BCUT2D eigenvalue weighted by molar-refractivity contribution is -0.131. The van der Waals surface area contributed by atoms with Crippen molar-refractivity contribution in [2.45, 2.75) is 37.3 Å². The Morgan fingerprint density at radius 2 is 1.80 bits per heavy atom. The van der Waals surface area contributed by atoms with Gasteiger partial charge in [0.25, 0.3) is 0 Å². The van der Waals surface area contributed by atoms with Crippen molar-refractivity contribution in [1.82, 2.24) is 19.7 Å². The van der Waals surface area contributed by atoms with E-state index < -0.39 is 0 Å². The number of benzene rings is 2. The summed E-state index contributed by atoms with van der Waals surface area (Å²) < 4.78 is 2.09. The van der Waals surface area contributed by atoms with Crippen molar-refractivity contribution in [3.8, 4) is 11.1 Å². The van der Waals surface area contributed by atoms with Crippen LogP contribution in [0.3, 0.4) is 0 Å². The van der Waals surface area contributed by atoms with Gasteiger partial charge in [-0.3, -0.25) is 4.79 Å². The van der Waals surface area contributed by atoms with Crippen LogP contribution in [-0.2, 0) is 18.3 Å². The number of rotatable bonds is 6. The maximum Gasteiger partial charge on any atom is 0.227 e. The molecule has 1 aromatic heterocycles. The van der Waals surface area contributed by atoms with Gasteiger partial charge in [0.2, 0.25) is 5.91 Å². The van der Waals surface area contributed by atoms with E-state index in [1.54, 1.807) is 11.8 Å². The molecule has 1 aliphatic heterocycles. The summed E-state index contributed by atoms with van der Waals surface area (Å²) >= 11 is 1.70. The highest BCUT2D eigenvalue weighted by Crippen LogP contribution is 2.28. The molecule has 30 heavy (non-hydrogen) atoms. The monoisotopic (exact) mass is 420 g/mol. The minimum absolute atomic E-state index is 0.192. The highest BCUT2D eigenvalue weighted by atomic mass is 32.2. The molecule has 0 aliphatic carbocycles. The first-order valence-corrected chi connectivity index (χ1v) is 11.6. The molecule has 0 saturated carbocycles. The molecule has 4 rings (SSSR count). The van der Waals surface area contributed by atoms with Crippen molar-refractivity contribution in [2.24, 2.45) is 7.05 Å². The van der Waals surface area contributed by atoms with E-state index in [1.807, 2.05) is 30.1 Å². The SMILES string of the molecule is CCSc1nnc(C2CCCN(C(=O)Cc3ccc(-c4ccccc4)cc3)C2)n1C. The van der Waals surface area contributed by atoms with Gasteiger partial charge < -0.3 is 9.47 Å². The van der Waals surface area contributed by atoms with Crippen LogP contribution in [0.2, 0.25) is 0 Å². The summed E-state index contributed by atoms with van der Waals surface area (Å²) in [5, 5.41) is 9.71. The molecule has 1 aliphatic rings. The van der Waals surface area contributed by atoms with Crippen molar-refractivity contribution in [3.63, 3.8) is 0 Å². The molecule has 0 bridgehead atoms. The van der Waals surface area contributed by atoms with E-state index in [0.29, 0.717) is 6.42 Å². The van der Waals surface area contributed by atoms with Gasteiger partial charge in [-0.05, 0) is 35.3 Å². The van der Waals surface area contributed by atoms with Gasteiger partial charge in [-0.15, -0.1) is 10.2 Å². The lowest BCUT2D eigenvalue weighted by Crippen LogP contribution is -2.40. The molecule has 1 atom stereocenters. The number of carbonyl (C=O) groups is 1. The molecule has 0 radical (unpaired) electrons. The highest BCUT2D eigenvalue weighted by Gasteiger charge is 2.28. The van der Waals surface area contributed by atoms with Gasteiger partial charge in [-0.1, -0.05) is 73.3 Å². The summed E-state index contributed by atoms with van der Waals surface area (Å²) in [6.45, 7) is 3.67. The van der Waals surface area contributed by atoms with Crippen LogP contribution in [0.15, 0.2) is 59.8 Å². The Labute approximate surface area is 182 Å². The molecule has 2 heterocycles. The van der Waals surface area contributed by atoms with Crippen molar-refractivity contribution in [2.75, 3.05) is 18.8 Å². The Bertz CT molecular complexity index is 984. The van der Waals surface area contributed by atoms with E-state index in [1.165, 1.54) is 11.1 Å². The van der Waals surface area contributed by atoms with Crippen LogP contribution in [0.25, 0.3) is 11.1 Å². The smallest absolute Gasteiger partial charge is 0.227 e. The number of piperidine rings is 1. The lowest BCUT2D eigenvalue weighted by atomic mass is 9.96. The van der Waals surface area contributed by atoms with Crippen molar-refractivity contribution in [1.29, 1.82) is 0 Å². The fourth-order valence-electron chi connectivity index (χ4n) is 4.08. The largest absolute Gasteiger partial charge is 0.342 e. The maximum absolute atomic E-state index is 13.0. The number of carbonyl (C=O) groups excluding carboxylic acids is 1. The molecule has 156 valence electrons. The van der Waals surface area contributed by atoms with Crippen LogP contribution in [0.1, 0.15) is 37.1 Å². The molecule has 1 amide bonds. The Hall–Kier alpha value is -2.60. The molecule has 5 nitrogen and oxygen atoms in total. The van der Waals surface area contributed by atoms with Gasteiger partial charge in [0.05, 0.1) is 6.42 Å². The third-order valence-corrected chi connectivity index (χ3v) is 6.60. The number of hydrogen-bond donors (Lipinski definition) is 0. The van der Waals surface area contributed by atoms with Gasteiger partial charge in [0.15, 0.2) is 5.16 Å². The second kappa shape index (κ2) is 9.47. The van der Waals surface area contributed by atoms with E-state index in [-0.39, 0.29) is 11.8 Å². The molecule has 2 aromatic carbocycles. The summed E-state index contributed by atoms with van der Waals surface area (Å²) in [6, 6.07) is 18.6. The summed E-state index contributed by atoms with van der Waals surface area (Å²) in [4.78, 5) is 15.0. The Morgan fingerprint density at radius 3 is 2.53 bits per heavy atom. The second-order valence-corrected chi connectivity index (χ2v) is 8.98. The van der Waals surface area contributed by atoms with Gasteiger partial charge in [0, 0.05) is 26.1 Å². The van der Waals surface area contributed by atoms with E-state index in [0.717, 1.165) is 48.2 Å². The van der Waals surface area contributed by atoms with Crippen LogP contribution in [0.5, 0.6) is 0 Å². The molecule has 0 N–H and O–H groups in total. The number of aromatic nitrogens is 3. The predicted molar refractivity (Wildman–Crippen MR) is 122 cm³/mol. The quantitative estimate of drug-likeness (QED) is 0.549. The molecular formula is C24H28N4OS. The zero-order valence-corrected chi connectivity index (χ0v) is 18.4. The average Bonchev–Trinajstić information content (AvgIpc) is 3.15. The van der Waals surface area contributed by atoms with Crippen LogP contribution < -0.4 is 0 Å². The van der Waals surface area contributed by atoms with E-state index >= 15 is 0 Å². The minimum Gasteiger partial charge on any atom is -0.342 e. The number of thioether (sulfide) groups is 1. The Balaban J connectivity index is 1.40. The van der Waals surface area contributed by atoms with Crippen LogP contribution in [0.4, 0.5) is 0 Å². The molecule has 1 unspecified atom stereocenters. The van der Waals surface area contributed by atoms with E-state index in [9.17, 15) is 4.79 Å².